The molecule has 0 heterocycles. The Morgan fingerprint density at radius 2 is 1.93 bits per heavy atom. The van der Waals surface area contributed by atoms with Crippen LogP contribution in [0, 0.1) is 5.41 Å². The van der Waals surface area contributed by atoms with Gasteiger partial charge in [0.15, 0.2) is 0 Å². The van der Waals surface area contributed by atoms with Crippen LogP contribution >= 0.6 is 15.9 Å². The lowest BCUT2D eigenvalue weighted by molar-refractivity contribution is 0.378. The molecule has 0 bridgehead atoms. The van der Waals surface area contributed by atoms with Crippen molar-refractivity contribution in [2.75, 3.05) is 7.11 Å². The average molecular weight is 257 g/mol. The zero-order valence-electron chi connectivity index (χ0n) is 9.23. The summed E-state index contributed by atoms with van der Waals surface area (Å²) >= 11 is 3.48. The summed E-state index contributed by atoms with van der Waals surface area (Å²) in [5.41, 5.74) is 1.54. The van der Waals surface area contributed by atoms with Gasteiger partial charge in [-0.2, -0.15) is 0 Å². The van der Waals surface area contributed by atoms with E-state index in [4.69, 9.17) is 4.74 Å². The highest BCUT2D eigenvalue weighted by atomic mass is 79.9. The fraction of sp³-hybridized carbons (Fsp3) is 0.500. The highest BCUT2D eigenvalue weighted by molar-refractivity contribution is 9.10. The summed E-state index contributed by atoms with van der Waals surface area (Å²) in [6.45, 7) is 6.69. The van der Waals surface area contributed by atoms with Crippen LogP contribution in [0.25, 0.3) is 0 Å². The number of rotatable bonds is 2. The molecule has 0 saturated carbocycles. The van der Waals surface area contributed by atoms with Gasteiger partial charge in [-0.05, 0) is 35.6 Å². The third-order valence-corrected chi connectivity index (χ3v) is 2.46. The van der Waals surface area contributed by atoms with Crippen molar-refractivity contribution < 1.29 is 4.74 Å². The minimum atomic E-state index is 0.286. The van der Waals surface area contributed by atoms with Crippen molar-refractivity contribution in [2.24, 2.45) is 5.41 Å². The van der Waals surface area contributed by atoms with Crippen molar-refractivity contribution in [2.45, 2.75) is 27.2 Å². The van der Waals surface area contributed by atoms with Gasteiger partial charge in [0, 0.05) is 4.47 Å². The Hall–Kier alpha value is -0.500. The number of halogens is 1. The molecular formula is C12H17BrO. The number of methoxy groups -OCH3 is 1. The number of hydrogen-bond donors (Lipinski definition) is 0. The summed E-state index contributed by atoms with van der Waals surface area (Å²) in [7, 11) is 1.72. The van der Waals surface area contributed by atoms with E-state index in [0.717, 1.165) is 16.6 Å². The Kier molecular flexibility index (Phi) is 3.59. The van der Waals surface area contributed by atoms with Gasteiger partial charge in [-0.15, -0.1) is 0 Å². The van der Waals surface area contributed by atoms with E-state index in [1.54, 1.807) is 7.11 Å². The second kappa shape index (κ2) is 4.35. The molecule has 0 radical (unpaired) electrons. The third kappa shape index (κ3) is 3.33. The van der Waals surface area contributed by atoms with Crippen LogP contribution in [0.2, 0.25) is 0 Å². The van der Waals surface area contributed by atoms with Crippen LogP contribution in [0.4, 0.5) is 0 Å². The quantitative estimate of drug-likeness (QED) is 0.776. The molecule has 0 unspecified atom stereocenters. The van der Waals surface area contributed by atoms with Crippen molar-refractivity contribution in [1.29, 1.82) is 0 Å². The number of ether oxygens (including phenoxy) is 1. The molecule has 1 aromatic carbocycles. The molecule has 0 aliphatic carbocycles. The Morgan fingerprint density at radius 1 is 1.29 bits per heavy atom. The van der Waals surface area contributed by atoms with Gasteiger partial charge in [0.25, 0.3) is 0 Å². The highest BCUT2D eigenvalue weighted by Crippen LogP contribution is 2.29. The average Bonchev–Trinajstić information content (AvgIpc) is 2.01. The Bertz CT molecular complexity index is 313. The first-order valence-electron chi connectivity index (χ1n) is 4.75. The molecule has 0 atom stereocenters. The smallest absolute Gasteiger partial charge is 0.122 e. The van der Waals surface area contributed by atoms with Gasteiger partial charge in [0.2, 0.25) is 0 Å². The zero-order valence-corrected chi connectivity index (χ0v) is 10.8. The first-order chi connectivity index (χ1) is 6.42. The van der Waals surface area contributed by atoms with Crippen LogP contribution in [-0.2, 0) is 6.42 Å². The molecule has 2 heteroatoms. The van der Waals surface area contributed by atoms with E-state index in [9.17, 15) is 0 Å². The van der Waals surface area contributed by atoms with Crippen molar-refractivity contribution in [3.05, 3.63) is 28.2 Å². The second-order valence-electron chi connectivity index (χ2n) is 4.69. The van der Waals surface area contributed by atoms with E-state index in [0.29, 0.717) is 0 Å². The number of benzene rings is 1. The molecule has 1 rings (SSSR count). The van der Waals surface area contributed by atoms with Gasteiger partial charge in [-0.25, -0.2) is 0 Å². The van der Waals surface area contributed by atoms with Gasteiger partial charge in [-0.1, -0.05) is 36.7 Å². The fourth-order valence-electron chi connectivity index (χ4n) is 1.46. The minimum Gasteiger partial charge on any atom is -0.496 e. The van der Waals surface area contributed by atoms with E-state index in [2.05, 4.69) is 42.8 Å². The molecule has 78 valence electrons. The summed E-state index contributed by atoms with van der Waals surface area (Å²) in [5, 5.41) is 0. The molecule has 14 heavy (non-hydrogen) atoms. The summed E-state index contributed by atoms with van der Waals surface area (Å²) in [6.07, 6.45) is 1.02. The zero-order chi connectivity index (χ0) is 10.8. The molecule has 0 saturated heterocycles. The predicted molar refractivity (Wildman–Crippen MR) is 63.9 cm³/mol. The summed E-state index contributed by atoms with van der Waals surface area (Å²) < 4.78 is 6.43. The lowest BCUT2D eigenvalue weighted by atomic mass is 9.88. The van der Waals surface area contributed by atoms with E-state index in [-0.39, 0.29) is 5.41 Å². The van der Waals surface area contributed by atoms with Gasteiger partial charge < -0.3 is 4.74 Å². The molecule has 0 amide bonds. The third-order valence-electron chi connectivity index (χ3n) is 1.96. The van der Waals surface area contributed by atoms with Gasteiger partial charge >= 0.3 is 0 Å². The molecule has 0 aliphatic heterocycles. The summed E-state index contributed by atoms with van der Waals surface area (Å²) in [4.78, 5) is 0. The standard InChI is InChI=1S/C12H17BrO/c1-12(2,3)8-9-7-10(13)5-6-11(9)14-4/h5-7H,8H2,1-4H3. The number of hydrogen-bond acceptors (Lipinski definition) is 1. The van der Waals surface area contributed by atoms with E-state index >= 15 is 0 Å². The molecule has 0 aliphatic rings. The van der Waals surface area contributed by atoms with E-state index < -0.39 is 0 Å². The summed E-state index contributed by atoms with van der Waals surface area (Å²) in [5.74, 6) is 0.975. The van der Waals surface area contributed by atoms with Crippen LogP contribution in [0.15, 0.2) is 22.7 Å². The van der Waals surface area contributed by atoms with E-state index in [1.807, 2.05) is 12.1 Å². The first kappa shape index (κ1) is 11.6. The molecule has 1 nitrogen and oxygen atoms in total. The molecule has 0 spiro atoms. The largest absolute Gasteiger partial charge is 0.496 e. The van der Waals surface area contributed by atoms with Crippen LogP contribution in [-0.4, -0.2) is 7.11 Å². The van der Waals surface area contributed by atoms with Gasteiger partial charge in [-0.3, -0.25) is 0 Å². The van der Waals surface area contributed by atoms with Gasteiger partial charge in [0.1, 0.15) is 5.75 Å². The normalized spacial score (nSPS) is 11.5. The predicted octanol–water partition coefficient (Wildman–Crippen LogP) is 4.05. The van der Waals surface area contributed by atoms with Crippen molar-refractivity contribution in [3.63, 3.8) is 0 Å². The van der Waals surface area contributed by atoms with Crippen molar-refractivity contribution in [1.82, 2.24) is 0 Å². The van der Waals surface area contributed by atoms with Crippen LogP contribution < -0.4 is 4.74 Å². The Labute approximate surface area is 94.6 Å². The monoisotopic (exact) mass is 256 g/mol. The van der Waals surface area contributed by atoms with Crippen molar-refractivity contribution >= 4 is 15.9 Å². The lowest BCUT2D eigenvalue weighted by Crippen LogP contribution is -2.10. The van der Waals surface area contributed by atoms with E-state index in [1.165, 1.54) is 5.56 Å². The Morgan fingerprint density at radius 3 is 2.43 bits per heavy atom. The van der Waals surface area contributed by atoms with Crippen molar-refractivity contribution in [3.8, 4) is 5.75 Å². The van der Waals surface area contributed by atoms with Gasteiger partial charge in [0.05, 0.1) is 7.11 Å². The fourth-order valence-corrected chi connectivity index (χ4v) is 1.87. The molecule has 0 N–H and O–H groups in total. The topological polar surface area (TPSA) is 9.23 Å². The molecule has 0 fully saturated rings. The van der Waals surface area contributed by atoms with Crippen LogP contribution in [0.1, 0.15) is 26.3 Å². The maximum absolute atomic E-state index is 5.33. The maximum atomic E-state index is 5.33. The molecule has 1 aromatic rings. The maximum Gasteiger partial charge on any atom is 0.122 e. The lowest BCUT2D eigenvalue weighted by Gasteiger charge is -2.20. The Balaban J connectivity index is 2.99. The minimum absolute atomic E-state index is 0.286. The van der Waals surface area contributed by atoms with Crippen LogP contribution in [0.3, 0.4) is 0 Å². The second-order valence-corrected chi connectivity index (χ2v) is 5.61. The first-order valence-corrected chi connectivity index (χ1v) is 5.54. The highest BCUT2D eigenvalue weighted by Gasteiger charge is 2.14. The molecule has 0 aromatic heterocycles. The summed E-state index contributed by atoms with van der Waals surface area (Å²) in [6, 6.07) is 6.14. The SMILES string of the molecule is COc1ccc(Br)cc1CC(C)(C)C. The molecular weight excluding hydrogens is 240 g/mol. The van der Waals surface area contributed by atoms with Crippen LogP contribution in [0.5, 0.6) is 5.75 Å².